The lowest BCUT2D eigenvalue weighted by molar-refractivity contribution is -0.133. The number of imide groups is 1. The highest BCUT2D eigenvalue weighted by Crippen LogP contribution is 2.30. The van der Waals surface area contributed by atoms with Gasteiger partial charge in [-0.15, -0.1) is 0 Å². The number of amides is 2. The van der Waals surface area contributed by atoms with Gasteiger partial charge in [0.2, 0.25) is 11.8 Å². The van der Waals surface area contributed by atoms with E-state index in [2.05, 4.69) is 10.6 Å². The van der Waals surface area contributed by atoms with E-state index in [1.807, 2.05) is 54.6 Å². The van der Waals surface area contributed by atoms with Gasteiger partial charge in [0.25, 0.3) is 0 Å². The van der Waals surface area contributed by atoms with Crippen LogP contribution in [-0.4, -0.2) is 17.9 Å². The van der Waals surface area contributed by atoms with E-state index in [0.717, 1.165) is 11.4 Å². The van der Waals surface area contributed by atoms with Gasteiger partial charge in [0.15, 0.2) is 5.75 Å². The first-order valence-electron chi connectivity index (χ1n) is 7.14. The average molecular weight is 296 g/mol. The lowest BCUT2D eigenvalue weighted by atomic mass is 10.1. The highest BCUT2D eigenvalue weighted by molar-refractivity contribution is 6.01. The summed E-state index contributed by atoms with van der Waals surface area (Å²) < 4.78 is 5.85. The van der Waals surface area contributed by atoms with Gasteiger partial charge in [0.1, 0.15) is 11.8 Å². The van der Waals surface area contributed by atoms with Gasteiger partial charge in [0, 0.05) is 6.42 Å². The van der Waals surface area contributed by atoms with E-state index in [0.29, 0.717) is 18.6 Å². The Balaban J connectivity index is 1.77. The van der Waals surface area contributed by atoms with E-state index < -0.39 is 6.04 Å². The summed E-state index contributed by atoms with van der Waals surface area (Å²) in [5.74, 6) is 0.834. The molecule has 0 spiro atoms. The third-order valence-electron chi connectivity index (χ3n) is 3.43. The van der Waals surface area contributed by atoms with E-state index in [4.69, 9.17) is 4.74 Å². The molecule has 2 N–H and O–H groups in total. The van der Waals surface area contributed by atoms with Crippen LogP contribution in [0.15, 0.2) is 54.6 Å². The van der Waals surface area contributed by atoms with Crippen LogP contribution in [0.25, 0.3) is 0 Å². The van der Waals surface area contributed by atoms with Crippen LogP contribution >= 0.6 is 0 Å². The van der Waals surface area contributed by atoms with Crippen LogP contribution < -0.4 is 15.4 Å². The summed E-state index contributed by atoms with van der Waals surface area (Å²) in [7, 11) is 0. The molecule has 1 aliphatic heterocycles. The van der Waals surface area contributed by atoms with Crippen LogP contribution in [0.4, 0.5) is 5.69 Å². The van der Waals surface area contributed by atoms with Crippen LogP contribution in [0.5, 0.6) is 11.5 Å². The quantitative estimate of drug-likeness (QED) is 0.851. The Hall–Kier alpha value is -2.82. The molecule has 5 heteroatoms. The largest absolute Gasteiger partial charge is 0.455 e. The predicted molar refractivity (Wildman–Crippen MR) is 82.8 cm³/mol. The van der Waals surface area contributed by atoms with Crippen molar-refractivity contribution in [2.75, 3.05) is 5.32 Å². The fourth-order valence-electron chi connectivity index (χ4n) is 2.31. The number of carbonyl (C=O) groups is 2. The van der Waals surface area contributed by atoms with E-state index in [-0.39, 0.29) is 11.8 Å². The van der Waals surface area contributed by atoms with Crippen LogP contribution in [0.2, 0.25) is 0 Å². The Labute approximate surface area is 128 Å². The molecule has 22 heavy (non-hydrogen) atoms. The Kier molecular flexibility index (Phi) is 4.05. The van der Waals surface area contributed by atoms with E-state index in [1.165, 1.54) is 0 Å². The van der Waals surface area contributed by atoms with Crippen LogP contribution in [0.3, 0.4) is 0 Å². The summed E-state index contributed by atoms with van der Waals surface area (Å²) in [6, 6.07) is 16.4. The number of hydrogen-bond donors (Lipinski definition) is 2. The molecule has 1 fully saturated rings. The standard InChI is InChI=1S/C17H16N2O3/c20-16-11-10-14(17(21)19-16)18-13-8-4-5-9-15(13)22-12-6-2-1-3-7-12/h1-9,14,18H,10-11H2,(H,19,20,21). The first kappa shape index (κ1) is 14.1. The minimum Gasteiger partial charge on any atom is -0.455 e. The Bertz CT molecular complexity index is 685. The number of rotatable bonds is 4. The van der Waals surface area contributed by atoms with E-state index in [1.54, 1.807) is 0 Å². The second-order valence-corrected chi connectivity index (χ2v) is 5.06. The summed E-state index contributed by atoms with van der Waals surface area (Å²) in [6.07, 6.45) is 0.815. The molecule has 0 bridgehead atoms. The number of anilines is 1. The SMILES string of the molecule is O=C1CCC(Nc2ccccc2Oc2ccccc2)C(=O)N1. The molecule has 2 aromatic rings. The van der Waals surface area contributed by atoms with Crippen LogP contribution in [0, 0.1) is 0 Å². The summed E-state index contributed by atoms with van der Waals surface area (Å²) >= 11 is 0. The summed E-state index contributed by atoms with van der Waals surface area (Å²) in [4.78, 5) is 23.0. The molecule has 0 aromatic heterocycles. The Morgan fingerprint density at radius 1 is 1.00 bits per heavy atom. The van der Waals surface area contributed by atoms with Crippen LogP contribution in [-0.2, 0) is 9.59 Å². The molecule has 2 aromatic carbocycles. The molecule has 1 atom stereocenters. The topological polar surface area (TPSA) is 67.4 Å². The third-order valence-corrected chi connectivity index (χ3v) is 3.43. The zero-order chi connectivity index (χ0) is 15.4. The summed E-state index contributed by atoms with van der Waals surface area (Å²) in [6.45, 7) is 0. The van der Waals surface area contributed by atoms with Gasteiger partial charge in [-0.05, 0) is 30.7 Å². The number of para-hydroxylation sites is 3. The van der Waals surface area contributed by atoms with Crippen molar-refractivity contribution in [2.24, 2.45) is 0 Å². The van der Waals surface area contributed by atoms with E-state index in [9.17, 15) is 9.59 Å². The molecular weight excluding hydrogens is 280 g/mol. The molecule has 3 rings (SSSR count). The van der Waals surface area contributed by atoms with Crippen molar-refractivity contribution in [1.82, 2.24) is 5.32 Å². The van der Waals surface area contributed by atoms with Gasteiger partial charge in [-0.2, -0.15) is 0 Å². The molecule has 1 unspecified atom stereocenters. The maximum absolute atomic E-state index is 11.8. The van der Waals surface area contributed by atoms with Gasteiger partial charge in [0.05, 0.1) is 5.69 Å². The molecule has 0 saturated carbocycles. The number of piperidine rings is 1. The second kappa shape index (κ2) is 6.30. The van der Waals surface area contributed by atoms with Gasteiger partial charge in [-0.25, -0.2) is 0 Å². The van der Waals surface area contributed by atoms with Gasteiger partial charge >= 0.3 is 0 Å². The van der Waals surface area contributed by atoms with Gasteiger partial charge < -0.3 is 10.1 Å². The maximum atomic E-state index is 11.8. The summed E-state index contributed by atoms with van der Waals surface area (Å²) in [5.41, 5.74) is 0.723. The number of benzene rings is 2. The van der Waals surface area contributed by atoms with E-state index >= 15 is 0 Å². The average Bonchev–Trinajstić information content (AvgIpc) is 2.53. The molecule has 0 radical (unpaired) electrons. The number of nitrogens with one attached hydrogen (secondary N) is 2. The molecule has 2 amide bonds. The monoisotopic (exact) mass is 296 g/mol. The molecule has 1 heterocycles. The highest BCUT2D eigenvalue weighted by Gasteiger charge is 2.26. The second-order valence-electron chi connectivity index (χ2n) is 5.06. The van der Waals surface area contributed by atoms with Crippen molar-refractivity contribution in [3.05, 3.63) is 54.6 Å². The highest BCUT2D eigenvalue weighted by atomic mass is 16.5. The molecule has 5 nitrogen and oxygen atoms in total. The smallest absolute Gasteiger partial charge is 0.249 e. The number of carbonyl (C=O) groups excluding carboxylic acids is 2. The molecular formula is C17H16N2O3. The Morgan fingerprint density at radius 3 is 2.50 bits per heavy atom. The lowest BCUT2D eigenvalue weighted by Crippen LogP contribution is -2.47. The fraction of sp³-hybridized carbons (Fsp3) is 0.176. The van der Waals surface area contributed by atoms with Gasteiger partial charge in [-0.1, -0.05) is 30.3 Å². The molecule has 112 valence electrons. The molecule has 1 saturated heterocycles. The molecule has 1 aliphatic rings. The molecule has 0 aliphatic carbocycles. The minimum atomic E-state index is -0.432. The normalized spacial score (nSPS) is 17.7. The van der Waals surface area contributed by atoms with Crippen molar-refractivity contribution < 1.29 is 14.3 Å². The van der Waals surface area contributed by atoms with Crippen molar-refractivity contribution in [2.45, 2.75) is 18.9 Å². The summed E-state index contributed by atoms with van der Waals surface area (Å²) in [5, 5.41) is 5.49. The first-order valence-corrected chi connectivity index (χ1v) is 7.14. The third kappa shape index (κ3) is 3.25. The fourth-order valence-corrected chi connectivity index (χ4v) is 2.31. The predicted octanol–water partition coefficient (Wildman–Crippen LogP) is 2.70. The van der Waals surface area contributed by atoms with Crippen molar-refractivity contribution in [3.8, 4) is 11.5 Å². The van der Waals surface area contributed by atoms with Crippen molar-refractivity contribution >= 4 is 17.5 Å². The number of hydrogen-bond acceptors (Lipinski definition) is 4. The van der Waals surface area contributed by atoms with Crippen molar-refractivity contribution in [3.63, 3.8) is 0 Å². The zero-order valence-electron chi connectivity index (χ0n) is 11.9. The maximum Gasteiger partial charge on any atom is 0.249 e. The minimum absolute atomic E-state index is 0.225. The Morgan fingerprint density at radius 2 is 1.73 bits per heavy atom. The van der Waals surface area contributed by atoms with Gasteiger partial charge in [-0.3, -0.25) is 14.9 Å². The van der Waals surface area contributed by atoms with Crippen molar-refractivity contribution in [1.29, 1.82) is 0 Å². The number of ether oxygens (including phenoxy) is 1. The lowest BCUT2D eigenvalue weighted by Gasteiger charge is -2.23. The zero-order valence-corrected chi connectivity index (χ0v) is 11.9. The first-order chi connectivity index (χ1) is 10.7. The van der Waals surface area contributed by atoms with Crippen LogP contribution in [0.1, 0.15) is 12.8 Å².